The van der Waals surface area contributed by atoms with Gasteiger partial charge in [-0.2, -0.15) is 0 Å². The van der Waals surface area contributed by atoms with Crippen LogP contribution in [0.15, 0.2) is 30.5 Å². The van der Waals surface area contributed by atoms with Gasteiger partial charge in [0.05, 0.1) is 35.6 Å². The molecule has 6 nitrogen and oxygen atoms in total. The van der Waals surface area contributed by atoms with Crippen LogP contribution in [-0.4, -0.2) is 44.0 Å². The Balaban J connectivity index is 1.68. The molecule has 2 N–H and O–H groups in total. The molecule has 0 aliphatic carbocycles. The number of benzene rings is 1. The van der Waals surface area contributed by atoms with Gasteiger partial charge in [-0.05, 0) is 57.0 Å². The minimum atomic E-state index is -0.817. The van der Waals surface area contributed by atoms with Crippen molar-refractivity contribution in [2.45, 2.75) is 39.8 Å². The maximum absolute atomic E-state index is 13.4. The molecule has 0 radical (unpaired) electrons. The SMILES string of the molecule is Cc1cc(F)ccc1CNc1cc(C(=O)N2CC(C)(O)C2)cn2c(C)c(C)nc12. The lowest BCUT2D eigenvalue weighted by atomic mass is 9.96. The number of aliphatic hydroxyl groups is 1. The van der Waals surface area contributed by atoms with Gasteiger partial charge in [0.15, 0.2) is 5.65 Å². The summed E-state index contributed by atoms with van der Waals surface area (Å²) in [5, 5.41) is 13.3. The summed E-state index contributed by atoms with van der Waals surface area (Å²) in [6, 6.07) is 6.51. The lowest BCUT2D eigenvalue weighted by Gasteiger charge is -2.44. The highest BCUT2D eigenvalue weighted by Gasteiger charge is 2.39. The minimum absolute atomic E-state index is 0.120. The Morgan fingerprint density at radius 1 is 1.28 bits per heavy atom. The van der Waals surface area contributed by atoms with Crippen molar-refractivity contribution in [2.75, 3.05) is 18.4 Å². The molecule has 0 bridgehead atoms. The number of aromatic nitrogens is 2. The summed E-state index contributed by atoms with van der Waals surface area (Å²) in [4.78, 5) is 19.2. The zero-order valence-corrected chi connectivity index (χ0v) is 17.1. The quantitative estimate of drug-likeness (QED) is 0.711. The first-order valence-electron chi connectivity index (χ1n) is 9.64. The van der Waals surface area contributed by atoms with Crippen molar-refractivity contribution in [3.05, 3.63) is 64.4 Å². The number of aryl methyl sites for hydroxylation is 3. The van der Waals surface area contributed by atoms with Crippen LogP contribution in [0.3, 0.4) is 0 Å². The summed E-state index contributed by atoms with van der Waals surface area (Å²) >= 11 is 0. The minimum Gasteiger partial charge on any atom is -0.386 e. The number of anilines is 1. The molecule has 3 aromatic rings. The van der Waals surface area contributed by atoms with Gasteiger partial charge in [-0.3, -0.25) is 4.79 Å². The van der Waals surface area contributed by atoms with Gasteiger partial charge in [-0.15, -0.1) is 0 Å². The first-order valence-corrected chi connectivity index (χ1v) is 9.64. The van der Waals surface area contributed by atoms with Gasteiger partial charge >= 0.3 is 0 Å². The molecule has 152 valence electrons. The van der Waals surface area contributed by atoms with Crippen LogP contribution < -0.4 is 5.32 Å². The predicted molar refractivity (Wildman–Crippen MR) is 110 cm³/mol. The van der Waals surface area contributed by atoms with Crippen LogP contribution in [0.4, 0.5) is 10.1 Å². The molecule has 3 heterocycles. The maximum Gasteiger partial charge on any atom is 0.255 e. The van der Waals surface area contributed by atoms with E-state index in [4.69, 9.17) is 0 Å². The molecule has 4 rings (SSSR count). The molecule has 1 aliphatic heterocycles. The summed E-state index contributed by atoms with van der Waals surface area (Å²) in [6.07, 6.45) is 1.80. The van der Waals surface area contributed by atoms with Gasteiger partial charge in [0.1, 0.15) is 5.82 Å². The van der Waals surface area contributed by atoms with Gasteiger partial charge in [0.25, 0.3) is 5.91 Å². The smallest absolute Gasteiger partial charge is 0.255 e. The molecule has 0 saturated carbocycles. The number of β-amino-alcohol motifs (C(OH)–C–C–N with tert-alkyl or cyclic N) is 1. The molecular formula is C22H25FN4O2. The van der Waals surface area contributed by atoms with Crippen LogP contribution >= 0.6 is 0 Å². The number of pyridine rings is 1. The Hall–Kier alpha value is -2.93. The second kappa shape index (κ2) is 6.84. The summed E-state index contributed by atoms with van der Waals surface area (Å²) < 4.78 is 15.3. The number of rotatable bonds is 4. The number of amides is 1. The average Bonchev–Trinajstić information content (AvgIpc) is 2.92. The number of imidazole rings is 1. The molecule has 1 aromatic carbocycles. The monoisotopic (exact) mass is 396 g/mol. The van der Waals surface area contributed by atoms with E-state index >= 15 is 0 Å². The molecule has 1 fully saturated rings. The molecule has 1 saturated heterocycles. The fourth-order valence-corrected chi connectivity index (χ4v) is 3.77. The molecular weight excluding hydrogens is 371 g/mol. The highest BCUT2D eigenvalue weighted by molar-refractivity contribution is 5.96. The number of likely N-dealkylation sites (tertiary alicyclic amines) is 1. The first kappa shape index (κ1) is 19.4. The van der Waals surface area contributed by atoms with Crippen LogP contribution in [0, 0.1) is 26.6 Å². The summed E-state index contributed by atoms with van der Waals surface area (Å²) in [5.74, 6) is -0.378. The van der Waals surface area contributed by atoms with Crippen LogP contribution in [0.5, 0.6) is 0 Å². The Labute approximate surface area is 169 Å². The van der Waals surface area contributed by atoms with Gasteiger partial charge in [-0.25, -0.2) is 9.37 Å². The Kier molecular flexibility index (Phi) is 4.58. The first-order chi connectivity index (χ1) is 13.6. The van der Waals surface area contributed by atoms with E-state index in [2.05, 4.69) is 10.3 Å². The number of hydrogen-bond acceptors (Lipinski definition) is 4. The molecule has 1 amide bonds. The number of carbonyl (C=O) groups excluding carboxylic acids is 1. The average molecular weight is 396 g/mol. The van der Waals surface area contributed by atoms with Crippen LogP contribution in [0.25, 0.3) is 5.65 Å². The largest absolute Gasteiger partial charge is 0.386 e. The van der Waals surface area contributed by atoms with Crippen molar-refractivity contribution in [3.8, 4) is 0 Å². The number of nitrogens with zero attached hydrogens (tertiary/aromatic N) is 3. The fourth-order valence-electron chi connectivity index (χ4n) is 3.77. The number of nitrogens with one attached hydrogen (secondary N) is 1. The molecule has 1 aliphatic rings. The number of halogens is 1. The van der Waals surface area contributed by atoms with Crippen molar-refractivity contribution in [1.29, 1.82) is 0 Å². The third-order valence-corrected chi connectivity index (χ3v) is 5.57. The third kappa shape index (κ3) is 3.58. The Bertz CT molecular complexity index is 1110. The zero-order chi connectivity index (χ0) is 20.9. The van der Waals surface area contributed by atoms with E-state index in [-0.39, 0.29) is 11.7 Å². The normalized spacial score (nSPS) is 15.4. The molecule has 0 unspecified atom stereocenters. The van der Waals surface area contributed by atoms with Gasteiger partial charge in [0, 0.05) is 18.4 Å². The Morgan fingerprint density at radius 3 is 2.66 bits per heavy atom. The lowest BCUT2D eigenvalue weighted by Crippen LogP contribution is -2.61. The van der Waals surface area contributed by atoms with E-state index < -0.39 is 5.60 Å². The lowest BCUT2D eigenvalue weighted by molar-refractivity contribution is -0.0668. The molecule has 29 heavy (non-hydrogen) atoms. The highest BCUT2D eigenvalue weighted by atomic mass is 19.1. The molecule has 2 aromatic heterocycles. The van der Waals surface area contributed by atoms with Crippen LogP contribution in [0.2, 0.25) is 0 Å². The summed E-state index contributed by atoms with van der Waals surface area (Å²) in [7, 11) is 0. The maximum atomic E-state index is 13.4. The van der Waals surface area contributed by atoms with E-state index in [0.29, 0.717) is 25.2 Å². The van der Waals surface area contributed by atoms with Gasteiger partial charge < -0.3 is 19.7 Å². The van der Waals surface area contributed by atoms with Crippen molar-refractivity contribution in [3.63, 3.8) is 0 Å². The predicted octanol–water partition coefficient (Wildman–Crippen LogP) is 3.22. The van der Waals surface area contributed by atoms with E-state index in [0.717, 1.165) is 33.8 Å². The topological polar surface area (TPSA) is 69.9 Å². The van der Waals surface area contributed by atoms with Gasteiger partial charge in [-0.1, -0.05) is 6.07 Å². The second-order valence-corrected chi connectivity index (χ2v) is 8.20. The van der Waals surface area contributed by atoms with E-state index in [1.807, 2.05) is 25.2 Å². The van der Waals surface area contributed by atoms with E-state index in [1.54, 1.807) is 30.2 Å². The number of hydrogen-bond donors (Lipinski definition) is 2. The standard InChI is InChI=1S/C22H25FN4O2/c1-13-7-18(23)6-5-16(13)9-24-19-8-17(21(28)26-11-22(4,29)12-26)10-27-15(3)14(2)25-20(19)27/h5-8,10,24,29H,9,11-12H2,1-4H3. The van der Waals surface area contributed by atoms with Crippen molar-refractivity contribution < 1.29 is 14.3 Å². The van der Waals surface area contributed by atoms with Crippen LogP contribution in [0.1, 0.15) is 39.8 Å². The van der Waals surface area contributed by atoms with E-state index in [9.17, 15) is 14.3 Å². The van der Waals surface area contributed by atoms with Crippen LogP contribution in [-0.2, 0) is 6.54 Å². The second-order valence-electron chi connectivity index (χ2n) is 8.20. The fraction of sp³-hybridized carbons (Fsp3) is 0.364. The summed E-state index contributed by atoms with van der Waals surface area (Å²) in [5.41, 5.74) is 4.89. The molecule has 7 heteroatoms. The van der Waals surface area contributed by atoms with Crippen molar-refractivity contribution >= 4 is 17.2 Å². The van der Waals surface area contributed by atoms with Gasteiger partial charge in [0.2, 0.25) is 0 Å². The van der Waals surface area contributed by atoms with E-state index in [1.165, 1.54) is 12.1 Å². The molecule has 0 atom stereocenters. The number of fused-ring (bicyclic) bond motifs is 1. The third-order valence-electron chi connectivity index (χ3n) is 5.57. The Morgan fingerprint density at radius 2 is 2.00 bits per heavy atom. The molecule has 0 spiro atoms. The van der Waals surface area contributed by atoms with Crippen molar-refractivity contribution in [2.24, 2.45) is 0 Å². The number of carbonyl (C=O) groups is 1. The zero-order valence-electron chi connectivity index (χ0n) is 17.1. The summed E-state index contributed by atoms with van der Waals surface area (Å²) in [6.45, 7) is 8.63. The highest BCUT2D eigenvalue weighted by Crippen LogP contribution is 2.27. The van der Waals surface area contributed by atoms with Crippen molar-refractivity contribution in [1.82, 2.24) is 14.3 Å².